The first-order chi connectivity index (χ1) is 7.61. The van der Waals surface area contributed by atoms with Gasteiger partial charge >= 0.3 is 0 Å². The number of carbonyl (C=O) groups excluding carboxylic acids is 2. The number of rotatable bonds is 2. The zero-order valence-corrected chi connectivity index (χ0v) is 12.4. The summed E-state index contributed by atoms with van der Waals surface area (Å²) in [4.78, 5) is 20.8. The molecule has 0 amide bonds. The Bertz CT molecular complexity index is 221. The van der Waals surface area contributed by atoms with Crippen LogP contribution in [0.2, 0.25) is 0 Å². The van der Waals surface area contributed by atoms with Crippen LogP contribution in [0, 0.1) is 11.8 Å². The Morgan fingerprint density at radius 2 is 0.941 bits per heavy atom. The van der Waals surface area contributed by atoms with Crippen LogP contribution < -0.4 is 0 Å². The third kappa shape index (κ3) is 6.81. The van der Waals surface area contributed by atoms with Crippen molar-refractivity contribution in [2.24, 2.45) is 11.8 Å². The predicted molar refractivity (Wildman–Crippen MR) is 65.6 cm³/mol. The van der Waals surface area contributed by atoms with Gasteiger partial charge in [-0.15, -0.1) is 0 Å². The summed E-state index contributed by atoms with van der Waals surface area (Å²) in [7, 11) is 0. The van der Waals surface area contributed by atoms with E-state index in [-0.39, 0.29) is 39.4 Å². The van der Waals surface area contributed by atoms with E-state index >= 15 is 0 Å². The zero-order chi connectivity index (χ0) is 12.0. The van der Waals surface area contributed by atoms with Gasteiger partial charge in [0.05, 0.1) is 0 Å². The van der Waals surface area contributed by atoms with E-state index in [9.17, 15) is 9.59 Å². The molecular formula is C12H18Cl2FeO2. The molecule has 2 rings (SSSR count). The first-order valence-corrected chi connectivity index (χ1v) is 6.75. The van der Waals surface area contributed by atoms with Crippen LogP contribution in [0.15, 0.2) is 0 Å². The van der Waals surface area contributed by atoms with Gasteiger partial charge in [0.25, 0.3) is 0 Å². The Hall–Kier alpha value is 0.439. The largest absolute Gasteiger partial charge is 0.281 e. The van der Waals surface area contributed by atoms with Gasteiger partial charge in [0.2, 0.25) is 10.5 Å². The van der Waals surface area contributed by atoms with Crippen molar-refractivity contribution in [1.82, 2.24) is 0 Å². The molecule has 100 valence electrons. The summed E-state index contributed by atoms with van der Waals surface area (Å²) in [5.41, 5.74) is 0. The van der Waals surface area contributed by atoms with Crippen LogP contribution in [0.25, 0.3) is 0 Å². The summed E-state index contributed by atoms with van der Waals surface area (Å²) in [5, 5.41) is -0.273. The molecule has 0 bridgehead atoms. The van der Waals surface area contributed by atoms with Crippen LogP contribution in [-0.4, -0.2) is 10.5 Å². The SMILES string of the molecule is O=C(Cl)C1CCCC1.O=C(Cl)C1CCCC1.[Fe]. The monoisotopic (exact) mass is 320 g/mol. The summed E-state index contributed by atoms with van der Waals surface area (Å²) < 4.78 is 0. The molecule has 0 N–H and O–H groups in total. The van der Waals surface area contributed by atoms with E-state index in [2.05, 4.69) is 0 Å². The van der Waals surface area contributed by atoms with Crippen molar-refractivity contribution in [2.45, 2.75) is 51.4 Å². The van der Waals surface area contributed by atoms with Gasteiger partial charge in [-0.25, -0.2) is 0 Å². The first-order valence-electron chi connectivity index (χ1n) is 6.00. The summed E-state index contributed by atoms with van der Waals surface area (Å²) in [5.74, 6) is 0.383. The number of halogens is 2. The Morgan fingerprint density at radius 3 is 1.06 bits per heavy atom. The molecule has 0 aromatic carbocycles. The summed E-state index contributed by atoms with van der Waals surface area (Å²) in [6, 6.07) is 0. The second-order valence-electron chi connectivity index (χ2n) is 4.57. The molecule has 0 unspecified atom stereocenters. The quantitative estimate of drug-likeness (QED) is 0.571. The van der Waals surface area contributed by atoms with Crippen LogP contribution in [0.5, 0.6) is 0 Å². The normalized spacial score (nSPS) is 20.4. The molecule has 2 saturated carbocycles. The fraction of sp³-hybridized carbons (Fsp3) is 0.833. The van der Waals surface area contributed by atoms with Crippen LogP contribution >= 0.6 is 23.2 Å². The molecule has 0 radical (unpaired) electrons. The third-order valence-electron chi connectivity index (χ3n) is 3.35. The molecule has 5 heteroatoms. The molecule has 17 heavy (non-hydrogen) atoms. The van der Waals surface area contributed by atoms with Crippen molar-refractivity contribution in [1.29, 1.82) is 0 Å². The van der Waals surface area contributed by atoms with Gasteiger partial charge in [0.15, 0.2) is 0 Å². The van der Waals surface area contributed by atoms with E-state index in [1.165, 1.54) is 25.7 Å². The van der Waals surface area contributed by atoms with E-state index in [1.54, 1.807) is 0 Å². The molecule has 0 atom stereocenters. The van der Waals surface area contributed by atoms with Gasteiger partial charge in [0.1, 0.15) is 0 Å². The molecule has 2 aliphatic carbocycles. The number of hydrogen-bond donors (Lipinski definition) is 0. The minimum Gasteiger partial charge on any atom is -0.281 e. The second-order valence-corrected chi connectivity index (χ2v) is 5.32. The summed E-state index contributed by atoms with van der Waals surface area (Å²) in [6.45, 7) is 0. The van der Waals surface area contributed by atoms with Gasteiger partial charge in [-0.1, -0.05) is 25.7 Å². The summed E-state index contributed by atoms with van der Waals surface area (Å²) >= 11 is 10.5. The predicted octanol–water partition coefficient (Wildman–Crippen LogP) is 3.88. The van der Waals surface area contributed by atoms with Gasteiger partial charge in [-0.3, -0.25) is 9.59 Å². The van der Waals surface area contributed by atoms with E-state index in [0.29, 0.717) is 0 Å². The van der Waals surface area contributed by atoms with Crippen LogP contribution in [0.3, 0.4) is 0 Å². The Balaban J connectivity index is 0.000000284. The third-order valence-corrected chi connectivity index (χ3v) is 3.97. The first kappa shape index (κ1) is 17.4. The van der Waals surface area contributed by atoms with E-state index in [4.69, 9.17) is 23.2 Å². The Kier molecular flexibility index (Phi) is 9.62. The molecule has 2 fully saturated rings. The maximum Gasteiger partial charge on any atom is 0.224 e. The zero-order valence-electron chi connectivity index (χ0n) is 9.74. The van der Waals surface area contributed by atoms with E-state index < -0.39 is 0 Å². The van der Waals surface area contributed by atoms with Crippen molar-refractivity contribution in [3.05, 3.63) is 0 Å². The molecule has 2 aliphatic rings. The van der Waals surface area contributed by atoms with Gasteiger partial charge in [0, 0.05) is 28.9 Å². The minimum atomic E-state index is -0.137. The molecule has 0 aliphatic heterocycles. The van der Waals surface area contributed by atoms with Crippen molar-refractivity contribution in [3.63, 3.8) is 0 Å². The molecule has 0 heterocycles. The molecular weight excluding hydrogens is 303 g/mol. The average Bonchev–Trinajstić information content (AvgIpc) is 2.93. The average molecular weight is 321 g/mol. The maximum absolute atomic E-state index is 10.4. The fourth-order valence-corrected chi connectivity index (χ4v) is 2.74. The fourth-order valence-electron chi connectivity index (χ4n) is 2.31. The Morgan fingerprint density at radius 1 is 0.706 bits per heavy atom. The van der Waals surface area contributed by atoms with Crippen molar-refractivity contribution < 1.29 is 26.7 Å². The van der Waals surface area contributed by atoms with Gasteiger partial charge < -0.3 is 0 Å². The standard InChI is InChI=1S/2C6H9ClO.Fe/c2*7-6(8)5-3-1-2-4-5;/h2*5H,1-4H2;. The van der Waals surface area contributed by atoms with Crippen molar-refractivity contribution >= 4 is 33.7 Å². The Labute approximate surface area is 123 Å². The van der Waals surface area contributed by atoms with E-state index in [1.807, 2.05) is 0 Å². The van der Waals surface area contributed by atoms with Crippen molar-refractivity contribution in [3.8, 4) is 0 Å². The topological polar surface area (TPSA) is 34.1 Å². The molecule has 0 saturated heterocycles. The minimum absolute atomic E-state index is 0. The molecule has 0 aromatic rings. The molecule has 0 aromatic heterocycles. The second kappa shape index (κ2) is 9.38. The van der Waals surface area contributed by atoms with Crippen LogP contribution in [0.4, 0.5) is 0 Å². The van der Waals surface area contributed by atoms with Crippen LogP contribution in [-0.2, 0) is 26.7 Å². The van der Waals surface area contributed by atoms with Gasteiger partial charge in [-0.2, -0.15) is 0 Å². The van der Waals surface area contributed by atoms with E-state index in [0.717, 1.165) is 25.7 Å². The molecule has 0 spiro atoms. The van der Waals surface area contributed by atoms with Gasteiger partial charge in [-0.05, 0) is 48.9 Å². The molecule has 2 nitrogen and oxygen atoms in total. The number of hydrogen-bond acceptors (Lipinski definition) is 2. The smallest absolute Gasteiger partial charge is 0.224 e. The van der Waals surface area contributed by atoms with Crippen molar-refractivity contribution in [2.75, 3.05) is 0 Å². The number of carbonyl (C=O) groups is 2. The maximum atomic E-state index is 10.4. The van der Waals surface area contributed by atoms with Crippen LogP contribution in [0.1, 0.15) is 51.4 Å². The summed E-state index contributed by atoms with van der Waals surface area (Å²) in [6.07, 6.45) is 8.80.